The lowest BCUT2D eigenvalue weighted by atomic mass is 10.3. The van der Waals surface area contributed by atoms with Crippen molar-refractivity contribution in [1.82, 2.24) is 9.78 Å². The highest BCUT2D eigenvalue weighted by Gasteiger charge is 2.24. The van der Waals surface area contributed by atoms with Crippen LogP contribution in [0, 0.1) is 0 Å². The second kappa shape index (κ2) is 4.15. The Kier molecular flexibility index (Phi) is 2.90. The van der Waals surface area contributed by atoms with Gasteiger partial charge in [0.1, 0.15) is 0 Å². The van der Waals surface area contributed by atoms with Crippen molar-refractivity contribution in [2.75, 3.05) is 6.61 Å². The van der Waals surface area contributed by atoms with Crippen LogP contribution in [0.25, 0.3) is 0 Å². The largest absolute Gasteiger partial charge is 0.377 e. The van der Waals surface area contributed by atoms with E-state index in [0.29, 0.717) is 11.4 Å². The van der Waals surface area contributed by atoms with Crippen molar-refractivity contribution >= 4 is 11.8 Å². The molecular formula is C9H14N2OS. The third-order valence-electron chi connectivity index (χ3n) is 2.29. The summed E-state index contributed by atoms with van der Waals surface area (Å²) in [5, 5.41) is 4.80. The second-order valence-electron chi connectivity index (χ2n) is 3.24. The zero-order valence-electron chi connectivity index (χ0n) is 7.72. The molecule has 1 aromatic rings. The molecule has 4 heteroatoms. The lowest BCUT2D eigenvalue weighted by Crippen LogP contribution is -2.14. The Morgan fingerprint density at radius 2 is 2.62 bits per heavy atom. The average molecular weight is 198 g/mol. The first kappa shape index (κ1) is 9.09. The number of ether oxygens (including phenoxy) is 1. The lowest BCUT2D eigenvalue weighted by molar-refractivity contribution is 0.127. The number of aromatic nitrogens is 2. The summed E-state index contributed by atoms with van der Waals surface area (Å²) in [4.78, 5) is 0. The molecule has 1 aliphatic heterocycles. The third-order valence-corrected chi connectivity index (χ3v) is 3.75. The summed E-state index contributed by atoms with van der Waals surface area (Å²) in [5.41, 5.74) is 0. The molecule has 0 amide bonds. The van der Waals surface area contributed by atoms with Crippen LogP contribution in [-0.2, 0) is 10.6 Å². The molecule has 2 unspecified atom stereocenters. The van der Waals surface area contributed by atoms with Crippen molar-refractivity contribution in [2.45, 2.75) is 30.6 Å². The van der Waals surface area contributed by atoms with Gasteiger partial charge in [0.15, 0.2) is 0 Å². The number of thioether (sulfide) groups is 1. The van der Waals surface area contributed by atoms with E-state index in [1.165, 1.54) is 6.42 Å². The molecule has 2 rings (SSSR count). The van der Waals surface area contributed by atoms with Crippen LogP contribution in [0.4, 0.5) is 0 Å². The average Bonchev–Trinajstić information content (AvgIpc) is 2.72. The normalized spacial score (nSPS) is 28.1. The van der Waals surface area contributed by atoms with Gasteiger partial charge in [0.25, 0.3) is 0 Å². The van der Waals surface area contributed by atoms with Crippen LogP contribution in [0.2, 0.25) is 0 Å². The first-order valence-corrected chi connectivity index (χ1v) is 5.62. The molecule has 1 saturated heterocycles. The topological polar surface area (TPSA) is 27.1 Å². The molecule has 0 spiro atoms. The molecule has 0 bridgehead atoms. The first-order valence-electron chi connectivity index (χ1n) is 4.57. The van der Waals surface area contributed by atoms with Gasteiger partial charge in [-0.2, -0.15) is 5.10 Å². The summed E-state index contributed by atoms with van der Waals surface area (Å²) in [6.07, 6.45) is 5.39. The summed E-state index contributed by atoms with van der Waals surface area (Å²) in [6.45, 7) is 3.06. The summed E-state index contributed by atoms with van der Waals surface area (Å²) in [6, 6.07) is 1.95. The third kappa shape index (κ3) is 2.25. The Labute approximate surface area is 82.5 Å². The maximum atomic E-state index is 5.48. The Bertz CT molecular complexity index is 250. The molecule has 0 N–H and O–H groups in total. The number of hydrogen-bond acceptors (Lipinski definition) is 3. The Hall–Kier alpha value is -0.480. The first-order chi connectivity index (χ1) is 6.36. The maximum Gasteiger partial charge on any atom is 0.0867 e. The quantitative estimate of drug-likeness (QED) is 0.740. The van der Waals surface area contributed by atoms with Gasteiger partial charge < -0.3 is 4.74 Å². The van der Waals surface area contributed by atoms with Gasteiger partial charge in [-0.15, -0.1) is 11.8 Å². The van der Waals surface area contributed by atoms with Crippen molar-refractivity contribution in [3.05, 3.63) is 18.5 Å². The molecule has 1 fully saturated rings. The lowest BCUT2D eigenvalue weighted by Gasteiger charge is -2.12. The van der Waals surface area contributed by atoms with E-state index in [2.05, 4.69) is 12.0 Å². The molecular weight excluding hydrogens is 184 g/mol. The molecule has 13 heavy (non-hydrogen) atoms. The minimum atomic E-state index is 0.403. The molecule has 0 aliphatic carbocycles. The minimum absolute atomic E-state index is 0.403. The molecule has 72 valence electrons. The molecule has 1 aromatic heterocycles. The molecule has 3 nitrogen and oxygen atoms in total. The van der Waals surface area contributed by atoms with Crippen LogP contribution in [0.15, 0.2) is 18.5 Å². The Morgan fingerprint density at radius 3 is 3.23 bits per heavy atom. The molecule has 2 atom stereocenters. The van der Waals surface area contributed by atoms with Gasteiger partial charge >= 0.3 is 0 Å². The van der Waals surface area contributed by atoms with Crippen molar-refractivity contribution in [3.63, 3.8) is 0 Å². The Balaban J connectivity index is 1.79. The van der Waals surface area contributed by atoms with E-state index in [0.717, 1.165) is 12.5 Å². The summed E-state index contributed by atoms with van der Waals surface area (Å²) >= 11 is 1.93. The maximum absolute atomic E-state index is 5.48. The highest BCUT2D eigenvalue weighted by Crippen LogP contribution is 2.26. The van der Waals surface area contributed by atoms with Crippen LogP contribution >= 0.6 is 11.8 Å². The van der Waals surface area contributed by atoms with Crippen molar-refractivity contribution in [1.29, 1.82) is 0 Å². The highest BCUT2D eigenvalue weighted by atomic mass is 32.2. The number of hydrogen-bond donors (Lipinski definition) is 0. The predicted octanol–water partition coefficient (Wildman–Crippen LogP) is 1.75. The molecule has 0 saturated carbocycles. The van der Waals surface area contributed by atoms with Gasteiger partial charge in [0.05, 0.1) is 12.0 Å². The minimum Gasteiger partial charge on any atom is -0.377 e. The fourth-order valence-electron chi connectivity index (χ4n) is 1.48. The molecule has 2 heterocycles. The van der Waals surface area contributed by atoms with Crippen LogP contribution in [0.3, 0.4) is 0 Å². The zero-order valence-corrected chi connectivity index (χ0v) is 8.54. The number of rotatable bonds is 3. The molecule has 1 aliphatic rings. The Morgan fingerprint density at radius 1 is 1.69 bits per heavy atom. The van der Waals surface area contributed by atoms with E-state index < -0.39 is 0 Å². The van der Waals surface area contributed by atoms with Crippen LogP contribution in [0.1, 0.15) is 13.3 Å². The van der Waals surface area contributed by atoms with Gasteiger partial charge in [0, 0.05) is 24.3 Å². The standard InChI is InChI=1S/C9H14N2OS/c1-8-9(3-6-12-8)13-7-11-5-2-4-10-11/h2,4-5,8-9H,3,6-7H2,1H3. The smallest absolute Gasteiger partial charge is 0.0867 e. The summed E-state index contributed by atoms with van der Waals surface area (Å²) in [7, 11) is 0. The predicted molar refractivity (Wildman–Crippen MR) is 53.6 cm³/mol. The van der Waals surface area contributed by atoms with Gasteiger partial charge in [-0.25, -0.2) is 0 Å². The van der Waals surface area contributed by atoms with E-state index in [1.807, 2.05) is 34.9 Å². The van der Waals surface area contributed by atoms with Gasteiger partial charge in [-0.05, 0) is 19.4 Å². The fraction of sp³-hybridized carbons (Fsp3) is 0.667. The van der Waals surface area contributed by atoms with E-state index in [9.17, 15) is 0 Å². The molecule has 0 radical (unpaired) electrons. The van der Waals surface area contributed by atoms with Crippen LogP contribution in [-0.4, -0.2) is 27.7 Å². The highest BCUT2D eigenvalue weighted by molar-refractivity contribution is 7.99. The second-order valence-corrected chi connectivity index (χ2v) is 4.44. The van der Waals surface area contributed by atoms with E-state index in [-0.39, 0.29) is 0 Å². The van der Waals surface area contributed by atoms with Gasteiger partial charge in [-0.1, -0.05) is 0 Å². The van der Waals surface area contributed by atoms with Gasteiger partial charge in [-0.3, -0.25) is 4.68 Å². The van der Waals surface area contributed by atoms with E-state index in [1.54, 1.807) is 0 Å². The molecule has 0 aromatic carbocycles. The van der Waals surface area contributed by atoms with E-state index >= 15 is 0 Å². The summed E-state index contributed by atoms with van der Waals surface area (Å²) < 4.78 is 7.44. The monoisotopic (exact) mass is 198 g/mol. The van der Waals surface area contributed by atoms with Crippen molar-refractivity contribution < 1.29 is 4.74 Å². The van der Waals surface area contributed by atoms with Crippen molar-refractivity contribution in [2.24, 2.45) is 0 Å². The zero-order chi connectivity index (χ0) is 9.10. The van der Waals surface area contributed by atoms with Crippen LogP contribution in [0.5, 0.6) is 0 Å². The summed E-state index contributed by atoms with van der Waals surface area (Å²) in [5.74, 6) is 0.936. The van der Waals surface area contributed by atoms with Gasteiger partial charge in [0.2, 0.25) is 0 Å². The van der Waals surface area contributed by atoms with Crippen LogP contribution < -0.4 is 0 Å². The SMILES string of the molecule is CC1OCCC1SCn1cccn1. The number of nitrogens with zero attached hydrogens (tertiary/aromatic N) is 2. The van der Waals surface area contributed by atoms with E-state index in [4.69, 9.17) is 4.74 Å². The fourth-order valence-corrected chi connectivity index (χ4v) is 2.59. The van der Waals surface area contributed by atoms with Crippen molar-refractivity contribution in [3.8, 4) is 0 Å².